The van der Waals surface area contributed by atoms with Crippen molar-refractivity contribution in [2.75, 3.05) is 5.75 Å². The van der Waals surface area contributed by atoms with Crippen molar-refractivity contribution in [1.82, 2.24) is 10.6 Å². The Morgan fingerprint density at radius 1 is 1.32 bits per heavy atom. The first-order chi connectivity index (χ1) is 8.97. The molecule has 3 aliphatic rings. The maximum atomic E-state index is 12.3. The summed E-state index contributed by atoms with van der Waals surface area (Å²) in [6.45, 7) is 3.80. The number of rotatable bonds is 4. The van der Waals surface area contributed by atoms with Gasteiger partial charge in [0.1, 0.15) is 6.04 Å². The van der Waals surface area contributed by atoms with E-state index in [-0.39, 0.29) is 17.9 Å². The zero-order chi connectivity index (χ0) is 13.6. The van der Waals surface area contributed by atoms with Gasteiger partial charge in [-0.3, -0.25) is 9.59 Å². The average molecular weight is 282 g/mol. The van der Waals surface area contributed by atoms with E-state index in [0.29, 0.717) is 23.6 Å². The van der Waals surface area contributed by atoms with Crippen molar-refractivity contribution >= 4 is 23.6 Å². The average Bonchev–Trinajstić information content (AvgIpc) is 3.22. The summed E-state index contributed by atoms with van der Waals surface area (Å²) in [5.41, 5.74) is 0. The monoisotopic (exact) mass is 282 g/mol. The van der Waals surface area contributed by atoms with E-state index < -0.39 is 4.75 Å². The Bertz CT molecular complexity index is 390. The third-order valence-corrected chi connectivity index (χ3v) is 5.76. The summed E-state index contributed by atoms with van der Waals surface area (Å²) in [5, 5.41) is 6.05. The van der Waals surface area contributed by atoms with Crippen LogP contribution < -0.4 is 10.6 Å². The second-order valence-corrected chi connectivity index (χ2v) is 8.20. The molecule has 2 N–H and O–H groups in total. The van der Waals surface area contributed by atoms with Crippen molar-refractivity contribution in [3.05, 3.63) is 0 Å². The molecular weight excluding hydrogens is 260 g/mol. The van der Waals surface area contributed by atoms with Gasteiger partial charge >= 0.3 is 0 Å². The van der Waals surface area contributed by atoms with E-state index in [9.17, 15) is 9.59 Å². The fourth-order valence-corrected chi connectivity index (χ4v) is 3.68. The van der Waals surface area contributed by atoms with E-state index in [1.807, 2.05) is 13.8 Å². The topological polar surface area (TPSA) is 58.2 Å². The zero-order valence-electron chi connectivity index (χ0n) is 11.6. The Labute approximate surface area is 118 Å². The summed E-state index contributed by atoms with van der Waals surface area (Å²) in [7, 11) is 0. The third kappa shape index (κ3) is 2.91. The molecular formula is C14H22N2O2S. The standard InChI is InChI=1S/C14H22N2O2S/c1-14(2)13(18)15-10(7-19-14)12(17)16-11(8-3-4-8)9-5-6-9/h8-11H,3-7H2,1-2H3,(H,15,18)(H,16,17)/t10-/m1/s1. The Morgan fingerprint density at radius 3 is 2.37 bits per heavy atom. The van der Waals surface area contributed by atoms with E-state index in [0.717, 1.165) is 0 Å². The number of thioether (sulfide) groups is 1. The Balaban J connectivity index is 1.57. The summed E-state index contributed by atoms with van der Waals surface area (Å²) in [6, 6.07) is 0.00913. The van der Waals surface area contributed by atoms with Crippen LogP contribution in [0.4, 0.5) is 0 Å². The number of nitrogens with one attached hydrogen (secondary N) is 2. The molecule has 0 spiro atoms. The highest BCUT2D eigenvalue weighted by molar-refractivity contribution is 8.01. The molecule has 3 rings (SSSR count). The molecule has 0 aromatic heterocycles. The molecule has 4 nitrogen and oxygen atoms in total. The van der Waals surface area contributed by atoms with Crippen LogP contribution in [-0.4, -0.2) is 34.4 Å². The highest BCUT2D eigenvalue weighted by Crippen LogP contribution is 2.44. The normalized spacial score (nSPS) is 30.1. The molecule has 0 unspecified atom stereocenters. The van der Waals surface area contributed by atoms with Crippen molar-refractivity contribution in [3.8, 4) is 0 Å². The van der Waals surface area contributed by atoms with Gasteiger partial charge in [0.2, 0.25) is 11.8 Å². The molecule has 2 saturated carbocycles. The molecule has 5 heteroatoms. The van der Waals surface area contributed by atoms with Crippen molar-refractivity contribution in [3.63, 3.8) is 0 Å². The summed E-state index contributed by atoms with van der Waals surface area (Å²) in [6.07, 6.45) is 5.00. The first kappa shape index (κ1) is 13.3. The molecule has 106 valence electrons. The molecule has 3 fully saturated rings. The smallest absolute Gasteiger partial charge is 0.243 e. The van der Waals surface area contributed by atoms with Crippen LogP contribution in [0, 0.1) is 11.8 Å². The van der Waals surface area contributed by atoms with E-state index in [1.54, 1.807) is 11.8 Å². The minimum Gasteiger partial charge on any atom is -0.351 e. The van der Waals surface area contributed by atoms with Crippen LogP contribution in [0.1, 0.15) is 39.5 Å². The number of carbonyl (C=O) groups excluding carboxylic acids is 2. The first-order valence-electron chi connectivity index (χ1n) is 7.22. The molecule has 0 aromatic rings. The molecule has 1 atom stereocenters. The van der Waals surface area contributed by atoms with E-state index in [2.05, 4.69) is 10.6 Å². The van der Waals surface area contributed by atoms with Crippen molar-refractivity contribution in [2.45, 2.75) is 56.4 Å². The van der Waals surface area contributed by atoms with Gasteiger partial charge in [0, 0.05) is 11.8 Å². The molecule has 1 aliphatic heterocycles. The lowest BCUT2D eigenvalue weighted by molar-refractivity contribution is -0.130. The summed E-state index contributed by atoms with van der Waals surface area (Å²) in [5.74, 6) is 2.05. The number of hydrogen-bond donors (Lipinski definition) is 2. The van der Waals surface area contributed by atoms with E-state index in [1.165, 1.54) is 25.7 Å². The molecule has 0 bridgehead atoms. The maximum absolute atomic E-state index is 12.3. The Morgan fingerprint density at radius 2 is 1.89 bits per heavy atom. The van der Waals surface area contributed by atoms with Crippen LogP contribution in [0.15, 0.2) is 0 Å². The SMILES string of the molecule is CC1(C)SC[C@H](C(=O)NC(C2CC2)C2CC2)NC1=O. The van der Waals surface area contributed by atoms with Crippen LogP contribution in [0.3, 0.4) is 0 Å². The first-order valence-corrected chi connectivity index (χ1v) is 8.21. The minimum absolute atomic E-state index is 0.0140. The summed E-state index contributed by atoms with van der Waals surface area (Å²) in [4.78, 5) is 24.2. The van der Waals surface area contributed by atoms with Gasteiger partial charge in [-0.2, -0.15) is 0 Å². The quantitative estimate of drug-likeness (QED) is 0.817. The van der Waals surface area contributed by atoms with Gasteiger partial charge < -0.3 is 10.6 Å². The van der Waals surface area contributed by atoms with Crippen LogP contribution in [0.2, 0.25) is 0 Å². The third-order valence-electron chi connectivity index (χ3n) is 4.35. The van der Waals surface area contributed by atoms with Crippen molar-refractivity contribution in [1.29, 1.82) is 0 Å². The second kappa shape index (κ2) is 4.69. The Hall–Kier alpha value is -0.710. The molecule has 1 saturated heterocycles. The molecule has 0 aromatic carbocycles. The largest absolute Gasteiger partial charge is 0.351 e. The van der Waals surface area contributed by atoms with Gasteiger partial charge in [-0.05, 0) is 51.4 Å². The maximum Gasteiger partial charge on any atom is 0.243 e. The molecule has 19 heavy (non-hydrogen) atoms. The second-order valence-electron chi connectivity index (χ2n) is 6.56. The predicted molar refractivity (Wildman–Crippen MR) is 75.8 cm³/mol. The number of carbonyl (C=O) groups is 2. The summed E-state index contributed by atoms with van der Waals surface area (Å²) >= 11 is 1.57. The molecule has 2 amide bonds. The van der Waals surface area contributed by atoms with Crippen LogP contribution in [0.5, 0.6) is 0 Å². The predicted octanol–water partition coefficient (Wildman–Crippen LogP) is 1.30. The highest BCUT2D eigenvalue weighted by Gasteiger charge is 2.44. The van der Waals surface area contributed by atoms with E-state index >= 15 is 0 Å². The highest BCUT2D eigenvalue weighted by atomic mass is 32.2. The lowest BCUT2D eigenvalue weighted by Gasteiger charge is -2.33. The van der Waals surface area contributed by atoms with Gasteiger partial charge in [-0.1, -0.05) is 0 Å². The van der Waals surface area contributed by atoms with Gasteiger partial charge in [0.15, 0.2) is 0 Å². The lowest BCUT2D eigenvalue weighted by atomic mass is 10.1. The lowest BCUT2D eigenvalue weighted by Crippen LogP contribution is -2.58. The number of hydrogen-bond acceptors (Lipinski definition) is 3. The molecule has 1 heterocycles. The van der Waals surface area contributed by atoms with Crippen LogP contribution >= 0.6 is 11.8 Å². The van der Waals surface area contributed by atoms with Crippen molar-refractivity contribution < 1.29 is 9.59 Å². The summed E-state index contributed by atoms with van der Waals surface area (Å²) < 4.78 is -0.414. The van der Waals surface area contributed by atoms with Crippen LogP contribution in [0.25, 0.3) is 0 Å². The van der Waals surface area contributed by atoms with E-state index in [4.69, 9.17) is 0 Å². The van der Waals surface area contributed by atoms with Crippen LogP contribution in [-0.2, 0) is 9.59 Å². The van der Waals surface area contributed by atoms with Gasteiger partial charge in [0.05, 0.1) is 4.75 Å². The van der Waals surface area contributed by atoms with Gasteiger partial charge in [0.25, 0.3) is 0 Å². The Kier molecular flexibility index (Phi) is 3.28. The zero-order valence-corrected chi connectivity index (χ0v) is 12.4. The minimum atomic E-state index is -0.414. The molecule has 2 aliphatic carbocycles. The molecule has 0 radical (unpaired) electrons. The fourth-order valence-electron chi connectivity index (χ4n) is 2.67. The number of amides is 2. The van der Waals surface area contributed by atoms with Gasteiger partial charge in [-0.15, -0.1) is 11.8 Å². The fraction of sp³-hybridized carbons (Fsp3) is 0.857. The van der Waals surface area contributed by atoms with Gasteiger partial charge in [-0.25, -0.2) is 0 Å². The van der Waals surface area contributed by atoms with Crippen molar-refractivity contribution in [2.24, 2.45) is 11.8 Å².